The van der Waals surface area contributed by atoms with Crippen molar-refractivity contribution in [3.8, 4) is 0 Å². The Labute approximate surface area is 103 Å². The Morgan fingerprint density at radius 2 is 2.29 bits per heavy atom. The van der Waals surface area contributed by atoms with Crippen LogP contribution in [0.15, 0.2) is 18.2 Å². The van der Waals surface area contributed by atoms with E-state index in [1.807, 2.05) is 19.2 Å². The Balaban J connectivity index is 2.16. The lowest BCUT2D eigenvalue weighted by Crippen LogP contribution is -2.47. The summed E-state index contributed by atoms with van der Waals surface area (Å²) in [6.45, 7) is 4.13. The molecule has 94 valence electrons. The lowest BCUT2D eigenvalue weighted by molar-refractivity contribution is -0.00480. The first-order valence-corrected chi connectivity index (χ1v) is 6.12. The van der Waals surface area contributed by atoms with E-state index >= 15 is 0 Å². The molecule has 1 aromatic rings. The second-order valence-corrected chi connectivity index (χ2v) is 4.81. The Hall–Kier alpha value is -1.29. The van der Waals surface area contributed by atoms with Gasteiger partial charge in [-0.25, -0.2) is 4.98 Å². The van der Waals surface area contributed by atoms with Gasteiger partial charge in [-0.3, -0.25) is 0 Å². The van der Waals surface area contributed by atoms with Gasteiger partial charge in [-0.05, 0) is 31.9 Å². The number of anilines is 2. The molecule has 1 atom stereocenters. The minimum absolute atomic E-state index is 0.0461. The van der Waals surface area contributed by atoms with E-state index in [1.54, 1.807) is 7.11 Å². The van der Waals surface area contributed by atoms with Crippen LogP contribution in [0, 0.1) is 0 Å². The normalized spacial score (nSPS) is 24.8. The van der Waals surface area contributed by atoms with Crippen LogP contribution in [0.5, 0.6) is 0 Å². The van der Waals surface area contributed by atoms with E-state index in [-0.39, 0.29) is 5.60 Å². The Kier molecular flexibility index (Phi) is 3.52. The van der Waals surface area contributed by atoms with E-state index in [4.69, 9.17) is 4.74 Å². The van der Waals surface area contributed by atoms with Crippen molar-refractivity contribution in [2.75, 3.05) is 37.5 Å². The van der Waals surface area contributed by atoms with Crippen LogP contribution < -0.4 is 10.2 Å². The molecule has 1 aliphatic rings. The molecule has 0 saturated carbocycles. The van der Waals surface area contributed by atoms with Crippen LogP contribution in [0.3, 0.4) is 0 Å². The molecule has 17 heavy (non-hydrogen) atoms. The quantitative estimate of drug-likeness (QED) is 0.871. The predicted molar refractivity (Wildman–Crippen MR) is 70.6 cm³/mol. The Bertz CT molecular complexity index is 383. The number of hydrogen-bond acceptors (Lipinski definition) is 4. The first-order valence-electron chi connectivity index (χ1n) is 6.12. The first-order chi connectivity index (χ1) is 8.17. The second kappa shape index (κ2) is 4.92. The molecule has 1 N–H and O–H groups in total. The summed E-state index contributed by atoms with van der Waals surface area (Å²) in [4.78, 5) is 6.87. The molecule has 0 radical (unpaired) electrons. The van der Waals surface area contributed by atoms with Gasteiger partial charge >= 0.3 is 0 Å². The minimum Gasteiger partial charge on any atom is -0.377 e. The van der Waals surface area contributed by atoms with Gasteiger partial charge in [0.1, 0.15) is 11.6 Å². The number of rotatable bonds is 3. The molecule has 0 spiro atoms. The van der Waals surface area contributed by atoms with Gasteiger partial charge in [-0.2, -0.15) is 0 Å². The van der Waals surface area contributed by atoms with Crippen LogP contribution in [-0.4, -0.2) is 37.8 Å². The summed E-state index contributed by atoms with van der Waals surface area (Å²) >= 11 is 0. The van der Waals surface area contributed by atoms with Crippen LogP contribution in [0.4, 0.5) is 11.6 Å². The highest BCUT2D eigenvalue weighted by atomic mass is 16.5. The first kappa shape index (κ1) is 12.2. The van der Waals surface area contributed by atoms with E-state index in [1.165, 1.54) is 0 Å². The van der Waals surface area contributed by atoms with Crippen molar-refractivity contribution in [3.05, 3.63) is 18.2 Å². The molecule has 0 aromatic carbocycles. The highest BCUT2D eigenvalue weighted by Crippen LogP contribution is 2.27. The number of aromatic nitrogens is 1. The Morgan fingerprint density at radius 1 is 1.47 bits per heavy atom. The van der Waals surface area contributed by atoms with Crippen LogP contribution >= 0.6 is 0 Å². The number of nitrogens with one attached hydrogen (secondary N) is 1. The summed E-state index contributed by atoms with van der Waals surface area (Å²) in [5.41, 5.74) is -0.0461. The van der Waals surface area contributed by atoms with E-state index in [0.717, 1.165) is 37.6 Å². The minimum atomic E-state index is -0.0461. The summed E-state index contributed by atoms with van der Waals surface area (Å²) in [5.74, 6) is 1.94. The van der Waals surface area contributed by atoms with E-state index in [9.17, 15) is 0 Å². The number of nitrogens with zero attached hydrogens (tertiary/aromatic N) is 2. The summed E-state index contributed by atoms with van der Waals surface area (Å²) in [7, 11) is 3.68. The maximum atomic E-state index is 5.60. The fraction of sp³-hybridized carbons (Fsp3) is 0.615. The van der Waals surface area contributed by atoms with Gasteiger partial charge in [0.25, 0.3) is 0 Å². The molecule has 4 nitrogen and oxygen atoms in total. The zero-order valence-electron chi connectivity index (χ0n) is 10.9. The van der Waals surface area contributed by atoms with E-state index < -0.39 is 0 Å². The van der Waals surface area contributed by atoms with Gasteiger partial charge in [0, 0.05) is 27.2 Å². The van der Waals surface area contributed by atoms with Crippen molar-refractivity contribution in [3.63, 3.8) is 0 Å². The number of hydrogen-bond donors (Lipinski definition) is 1. The van der Waals surface area contributed by atoms with Crippen molar-refractivity contribution in [1.82, 2.24) is 4.98 Å². The molecule has 2 rings (SSSR count). The zero-order valence-corrected chi connectivity index (χ0v) is 10.9. The molecule has 1 unspecified atom stereocenters. The third-order valence-electron chi connectivity index (χ3n) is 3.47. The number of piperidine rings is 1. The summed E-state index contributed by atoms with van der Waals surface area (Å²) in [5, 5.41) is 3.07. The van der Waals surface area contributed by atoms with Crippen molar-refractivity contribution < 1.29 is 4.74 Å². The molecule has 0 bridgehead atoms. The topological polar surface area (TPSA) is 37.4 Å². The van der Waals surface area contributed by atoms with Crippen molar-refractivity contribution in [2.45, 2.75) is 25.4 Å². The molecule has 0 amide bonds. The molecular formula is C13H21N3O. The van der Waals surface area contributed by atoms with Crippen LogP contribution in [-0.2, 0) is 4.74 Å². The standard InChI is InChI=1S/C13H21N3O/c1-13(17-3)8-5-9-16(10-13)12-7-4-6-11(14-2)15-12/h4,6-7H,5,8-10H2,1-3H3,(H,14,15). The summed E-state index contributed by atoms with van der Waals surface area (Å²) in [6, 6.07) is 6.07. The highest BCUT2D eigenvalue weighted by Gasteiger charge is 2.31. The molecule has 1 saturated heterocycles. The molecule has 2 heterocycles. The van der Waals surface area contributed by atoms with Gasteiger partial charge in [0.2, 0.25) is 0 Å². The summed E-state index contributed by atoms with van der Waals surface area (Å²) < 4.78 is 5.60. The molecule has 1 fully saturated rings. The van der Waals surface area contributed by atoms with Gasteiger partial charge in [-0.15, -0.1) is 0 Å². The lowest BCUT2D eigenvalue weighted by Gasteiger charge is -2.40. The monoisotopic (exact) mass is 235 g/mol. The second-order valence-electron chi connectivity index (χ2n) is 4.81. The van der Waals surface area contributed by atoms with Crippen LogP contribution in [0.2, 0.25) is 0 Å². The third-order valence-corrected chi connectivity index (χ3v) is 3.47. The zero-order chi connectivity index (χ0) is 12.3. The van der Waals surface area contributed by atoms with E-state index in [0.29, 0.717) is 0 Å². The number of methoxy groups -OCH3 is 1. The average Bonchev–Trinajstić information content (AvgIpc) is 2.39. The maximum Gasteiger partial charge on any atom is 0.131 e. The molecule has 4 heteroatoms. The van der Waals surface area contributed by atoms with Gasteiger partial charge < -0.3 is 15.0 Å². The largest absolute Gasteiger partial charge is 0.377 e. The third kappa shape index (κ3) is 2.69. The molecule has 1 aromatic heterocycles. The van der Waals surface area contributed by atoms with Crippen molar-refractivity contribution >= 4 is 11.6 Å². The maximum absolute atomic E-state index is 5.60. The lowest BCUT2D eigenvalue weighted by atomic mass is 9.95. The number of ether oxygens (including phenoxy) is 1. The van der Waals surface area contributed by atoms with E-state index in [2.05, 4.69) is 28.2 Å². The molecule has 1 aliphatic heterocycles. The summed E-state index contributed by atoms with van der Waals surface area (Å²) in [6.07, 6.45) is 2.27. The SMILES string of the molecule is CNc1cccc(N2CCCC(C)(OC)C2)n1. The van der Waals surface area contributed by atoms with Crippen molar-refractivity contribution in [1.29, 1.82) is 0 Å². The fourth-order valence-corrected chi connectivity index (χ4v) is 2.31. The predicted octanol–water partition coefficient (Wildman–Crippen LogP) is 2.13. The fourth-order valence-electron chi connectivity index (χ4n) is 2.31. The van der Waals surface area contributed by atoms with Crippen LogP contribution in [0.1, 0.15) is 19.8 Å². The molecular weight excluding hydrogens is 214 g/mol. The van der Waals surface area contributed by atoms with Gasteiger partial charge in [0.05, 0.1) is 5.60 Å². The highest BCUT2D eigenvalue weighted by molar-refractivity contribution is 5.47. The van der Waals surface area contributed by atoms with Gasteiger partial charge in [0.15, 0.2) is 0 Å². The molecule has 0 aliphatic carbocycles. The van der Waals surface area contributed by atoms with Crippen LogP contribution in [0.25, 0.3) is 0 Å². The van der Waals surface area contributed by atoms with Gasteiger partial charge in [-0.1, -0.05) is 6.07 Å². The smallest absolute Gasteiger partial charge is 0.131 e. The Morgan fingerprint density at radius 3 is 3.00 bits per heavy atom. The average molecular weight is 235 g/mol. The van der Waals surface area contributed by atoms with Crippen molar-refractivity contribution in [2.24, 2.45) is 0 Å². The number of pyridine rings is 1.